The van der Waals surface area contributed by atoms with Crippen LogP contribution in [-0.2, 0) is 21.2 Å². The summed E-state index contributed by atoms with van der Waals surface area (Å²) in [5.41, 5.74) is 7.25. The van der Waals surface area contributed by atoms with Crippen molar-refractivity contribution in [1.29, 1.82) is 0 Å². The average molecular weight is 465 g/mol. The molecular weight excluding hydrogens is 432 g/mol. The smallest absolute Gasteiger partial charge is 0.261 e. The molecule has 1 atom stereocenters. The molecule has 5 nitrogen and oxygen atoms in total. The number of hydrogen-bond donors (Lipinski definition) is 2. The number of anilines is 1. The van der Waals surface area contributed by atoms with E-state index >= 15 is 0 Å². The van der Waals surface area contributed by atoms with Gasteiger partial charge in [0.15, 0.2) is 0 Å². The average Bonchev–Trinajstić information content (AvgIpc) is 2.76. The lowest BCUT2D eigenvalue weighted by Gasteiger charge is -2.18. The maximum atomic E-state index is 12.6. The third kappa shape index (κ3) is 6.45. The normalized spacial score (nSPS) is 12.3. The predicted molar refractivity (Wildman–Crippen MR) is 134 cm³/mol. The SMILES string of the molecule is Cc1ccc(NS(=O)(=O)c2ccc(CCC(=O)N[C@@H](C)c3cc(C)c(C)cc3C)cc2)cc1. The maximum absolute atomic E-state index is 12.6. The molecule has 0 unspecified atom stereocenters. The van der Waals surface area contributed by atoms with Gasteiger partial charge in [0.2, 0.25) is 5.91 Å². The van der Waals surface area contributed by atoms with Crippen LogP contribution in [0, 0.1) is 27.7 Å². The highest BCUT2D eigenvalue weighted by Gasteiger charge is 2.15. The molecule has 3 aromatic carbocycles. The Bertz CT molecular complexity index is 1230. The van der Waals surface area contributed by atoms with Gasteiger partial charge in [0.05, 0.1) is 10.9 Å². The third-order valence-corrected chi connectivity index (χ3v) is 7.30. The van der Waals surface area contributed by atoms with Gasteiger partial charge >= 0.3 is 0 Å². The molecule has 3 aromatic rings. The summed E-state index contributed by atoms with van der Waals surface area (Å²) in [7, 11) is -3.66. The number of aryl methyl sites for hydroxylation is 5. The van der Waals surface area contributed by atoms with Gasteiger partial charge in [0.25, 0.3) is 10.0 Å². The molecule has 0 aliphatic rings. The Labute approximate surface area is 197 Å². The molecule has 0 bridgehead atoms. The minimum absolute atomic E-state index is 0.0298. The second-order valence-corrected chi connectivity index (χ2v) is 10.4. The molecule has 174 valence electrons. The van der Waals surface area contributed by atoms with E-state index in [-0.39, 0.29) is 16.8 Å². The van der Waals surface area contributed by atoms with E-state index in [9.17, 15) is 13.2 Å². The number of hydrogen-bond acceptors (Lipinski definition) is 3. The standard InChI is InChI=1S/C27H32N2O3S/c1-18-6-11-24(12-7-18)29-33(31,32)25-13-8-23(9-14-25)10-15-27(30)28-22(5)26-17-20(3)19(2)16-21(26)4/h6-9,11-14,16-17,22,29H,10,15H2,1-5H3,(H,28,30)/t22-/m0/s1. The molecule has 0 fully saturated rings. The highest BCUT2D eigenvalue weighted by Crippen LogP contribution is 2.22. The van der Waals surface area contributed by atoms with E-state index in [1.165, 1.54) is 16.7 Å². The van der Waals surface area contributed by atoms with Crippen molar-refractivity contribution in [3.63, 3.8) is 0 Å². The van der Waals surface area contributed by atoms with Crippen molar-refractivity contribution in [2.45, 2.75) is 58.4 Å². The molecule has 1 amide bonds. The first kappa shape index (κ1) is 24.5. The fourth-order valence-electron chi connectivity index (χ4n) is 3.77. The van der Waals surface area contributed by atoms with E-state index in [1.54, 1.807) is 36.4 Å². The van der Waals surface area contributed by atoms with Crippen LogP contribution < -0.4 is 10.0 Å². The lowest BCUT2D eigenvalue weighted by Crippen LogP contribution is -2.27. The Morgan fingerprint density at radius 2 is 1.45 bits per heavy atom. The van der Waals surface area contributed by atoms with E-state index in [2.05, 4.69) is 42.9 Å². The van der Waals surface area contributed by atoms with Crippen molar-refractivity contribution >= 4 is 21.6 Å². The number of rotatable bonds is 8. The number of nitrogens with one attached hydrogen (secondary N) is 2. The first-order valence-electron chi connectivity index (χ1n) is 11.1. The Morgan fingerprint density at radius 1 is 0.848 bits per heavy atom. The second kappa shape index (κ2) is 10.2. The molecule has 0 saturated heterocycles. The Morgan fingerprint density at radius 3 is 2.09 bits per heavy atom. The number of carbonyl (C=O) groups excluding carboxylic acids is 1. The minimum Gasteiger partial charge on any atom is -0.350 e. The van der Waals surface area contributed by atoms with Crippen LogP contribution >= 0.6 is 0 Å². The fraction of sp³-hybridized carbons (Fsp3) is 0.296. The van der Waals surface area contributed by atoms with Crippen LogP contribution in [0.4, 0.5) is 5.69 Å². The van der Waals surface area contributed by atoms with Crippen molar-refractivity contribution in [1.82, 2.24) is 5.32 Å². The first-order chi connectivity index (χ1) is 15.5. The first-order valence-corrected chi connectivity index (χ1v) is 12.6. The van der Waals surface area contributed by atoms with Gasteiger partial charge in [0, 0.05) is 12.1 Å². The van der Waals surface area contributed by atoms with E-state index in [0.717, 1.165) is 16.7 Å². The summed E-state index contributed by atoms with van der Waals surface area (Å²) in [4.78, 5) is 12.7. The number of benzene rings is 3. The summed E-state index contributed by atoms with van der Waals surface area (Å²) in [5.74, 6) is -0.0298. The summed E-state index contributed by atoms with van der Waals surface area (Å²) in [6, 6.07) is 18.1. The summed E-state index contributed by atoms with van der Waals surface area (Å²) in [6.07, 6.45) is 0.873. The van der Waals surface area contributed by atoms with Crippen molar-refractivity contribution in [3.05, 3.63) is 94.0 Å². The van der Waals surface area contributed by atoms with Crippen LogP contribution in [0.15, 0.2) is 65.6 Å². The summed E-state index contributed by atoms with van der Waals surface area (Å²) in [5, 5.41) is 3.08. The molecule has 33 heavy (non-hydrogen) atoms. The predicted octanol–water partition coefficient (Wildman–Crippen LogP) is 5.53. The molecule has 0 aromatic heterocycles. The second-order valence-electron chi connectivity index (χ2n) is 8.70. The number of amides is 1. The lowest BCUT2D eigenvalue weighted by molar-refractivity contribution is -0.121. The molecular formula is C27H32N2O3S. The minimum atomic E-state index is -3.66. The monoisotopic (exact) mass is 464 g/mol. The van der Waals surface area contributed by atoms with Gasteiger partial charge in [-0.05, 0) is 93.1 Å². The van der Waals surface area contributed by atoms with Gasteiger partial charge < -0.3 is 5.32 Å². The topological polar surface area (TPSA) is 75.3 Å². The van der Waals surface area contributed by atoms with Gasteiger partial charge in [-0.1, -0.05) is 42.0 Å². The zero-order valence-electron chi connectivity index (χ0n) is 19.9. The largest absolute Gasteiger partial charge is 0.350 e. The molecule has 6 heteroatoms. The molecule has 0 aliphatic carbocycles. The van der Waals surface area contributed by atoms with Gasteiger partial charge in [-0.25, -0.2) is 8.42 Å². The van der Waals surface area contributed by atoms with Gasteiger partial charge in [-0.3, -0.25) is 9.52 Å². The Kier molecular flexibility index (Phi) is 7.59. The maximum Gasteiger partial charge on any atom is 0.261 e. The zero-order valence-corrected chi connectivity index (χ0v) is 20.7. The van der Waals surface area contributed by atoms with E-state index in [0.29, 0.717) is 18.5 Å². The van der Waals surface area contributed by atoms with Gasteiger partial charge in [-0.2, -0.15) is 0 Å². The molecule has 0 saturated carbocycles. The third-order valence-electron chi connectivity index (χ3n) is 5.90. The molecule has 0 heterocycles. The van der Waals surface area contributed by atoms with E-state index in [4.69, 9.17) is 0 Å². The Hall–Kier alpha value is -3.12. The van der Waals surface area contributed by atoms with Crippen molar-refractivity contribution < 1.29 is 13.2 Å². The van der Waals surface area contributed by atoms with Crippen LogP contribution in [0.2, 0.25) is 0 Å². The van der Waals surface area contributed by atoms with Crippen molar-refractivity contribution in [2.24, 2.45) is 0 Å². The number of sulfonamides is 1. The highest BCUT2D eigenvalue weighted by molar-refractivity contribution is 7.92. The Balaban J connectivity index is 1.57. The molecule has 0 spiro atoms. The van der Waals surface area contributed by atoms with E-state index in [1.807, 2.05) is 26.0 Å². The zero-order chi connectivity index (χ0) is 24.2. The summed E-state index contributed by atoms with van der Waals surface area (Å²) < 4.78 is 27.8. The number of carbonyl (C=O) groups is 1. The van der Waals surface area contributed by atoms with Gasteiger partial charge in [0.1, 0.15) is 0 Å². The molecule has 2 N–H and O–H groups in total. The molecule has 3 rings (SSSR count). The summed E-state index contributed by atoms with van der Waals surface area (Å²) >= 11 is 0. The lowest BCUT2D eigenvalue weighted by atomic mass is 9.96. The summed E-state index contributed by atoms with van der Waals surface area (Å²) in [6.45, 7) is 10.2. The van der Waals surface area contributed by atoms with Crippen LogP contribution in [-0.4, -0.2) is 14.3 Å². The van der Waals surface area contributed by atoms with Crippen molar-refractivity contribution in [3.8, 4) is 0 Å². The fourth-order valence-corrected chi connectivity index (χ4v) is 4.83. The van der Waals surface area contributed by atoms with Crippen LogP contribution in [0.25, 0.3) is 0 Å². The van der Waals surface area contributed by atoms with Crippen molar-refractivity contribution in [2.75, 3.05) is 4.72 Å². The molecule has 0 radical (unpaired) electrons. The van der Waals surface area contributed by atoms with Gasteiger partial charge in [-0.15, -0.1) is 0 Å². The molecule has 0 aliphatic heterocycles. The van der Waals surface area contributed by atoms with Crippen LogP contribution in [0.1, 0.15) is 52.8 Å². The van der Waals surface area contributed by atoms with E-state index < -0.39 is 10.0 Å². The van der Waals surface area contributed by atoms with Crippen LogP contribution in [0.5, 0.6) is 0 Å². The highest BCUT2D eigenvalue weighted by atomic mass is 32.2. The van der Waals surface area contributed by atoms with Crippen LogP contribution in [0.3, 0.4) is 0 Å². The quantitative estimate of drug-likeness (QED) is 0.460.